The zero-order chi connectivity index (χ0) is 20.3. The van der Waals surface area contributed by atoms with E-state index in [2.05, 4.69) is 15.1 Å². The number of anilines is 1. The third-order valence-electron chi connectivity index (χ3n) is 4.80. The van der Waals surface area contributed by atoms with E-state index in [0.29, 0.717) is 0 Å². The summed E-state index contributed by atoms with van der Waals surface area (Å²) in [5, 5.41) is 26.1. The molecule has 1 aliphatic rings. The van der Waals surface area contributed by atoms with Crippen molar-refractivity contribution in [2.75, 3.05) is 12.0 Å². The first-order valence-corrected chi connectivity index (χ1v) is 8.87. The molecule has 10 heteroatoms. The number of hydrogen-bond donors (Lipinski definition) is 1. The van der Waals surface area contributed by atoms with Gasteiger partial charge in [0.05, 0.1) is 28.2 Å². The molecule has 0 unspecified atom stereocenters. The molecule has 148 valence electrons. The molecule has 28 heavy (non-hydrogen) atoms. The van der Waals surface area contributed by atoms with E-state index in [4.69, 9.17) is 4.74 Å². The van der Waals surface area contributed by atoms with E-state index in [-0.39, 0.29) is 17.5 Å². The molecule has 2 heterocycles. The molecule has 2 aromatic rings. The average Bonchev–Trinajstić information content (AvgIpc) is 3.26. The molecular formula is C18H21N5O5. The minimum absolute atomic E-state index is 0.0833. The molecule has 1 fully saturated rings. The fourth-order valence-electron chi connectivity index (χ4n) is 3.28. The minimum atomic E-state index is -0.682. The Hall–Kier alpha value is -3.27. The molecule has 1 aromatic carbocycles. The molecule has 1 aliphatic heterocycles. The highest BCUT2D eigenvalue weighted by Gasteiger charge is 2.20. The van der Waals surface area contributed by atoms with E-state index in [1.165, 1.54) is 12.1 Å². The molecule has 1 aromatic heterocycles. The summed E-state index contributed by atoms with van der Waals surface area (Å²) in [7, 11) is 0. The van der Waals surface area contributed by atoms with Crippen LogP contribution in [0.15, 0.2) is 29.4 Å². The monoisotopic (exact) mass is 387 g/mol. The molecule has 0 amide bonds. The Balaban J connectivity index is 1.76. The maximum absolute atomic E-state index is 11.2. The van der Waals surface area contributed by atoms with Gasteiger partial charge in [0.15, 0.2) is 0 Å². The third-order valence-corrected chi connectivity index (χ3v) is 4.80. The van der Waals surface area contributed by atoms with Gasteiger partial charge < -0.3 is 9.30 Å². The third kappa shape index (κ3) is 4.17. The zero-order valence-corrected chi connectivity index (χ0v) is 15.6. The van der Waals surface area contributed by atoms with Crippen molar-refractivity contribution in [2.45, 2.75) is 39.3 Å². The van der Waals surface area contributed by atoms with Gasteiger partial charge in [0.1, 0.15) is 5.69 Å². The van der Waals surface area contributed by atoms with E-state index in [0.717, 1.165) is 49.0 Å². The molecule has 0 aliphatic carbocycles. The van der Waals surface area contributed by atoms with Crippen molar-refractivity contribution in [2.24, 2.45) is 5.10 Å². The second kappa shape index (κ2) is 8.17. The number of hydrogen-bond acceptors (Lipinski definition) is 7. The van der Waals surface area contributed by atoms with Crippen LogP contribution in [0.5, 0.6) is 0 Å². The Morgan fingerprint density at radius 2 is 2.07 bits per heavy atom. The normalized spacial score (nSPS) is 16.6. The fraction of sp³-hybridized carbons (Fsp3) is 0.389. The van der Waals surface area contributed by atoms with Crippen LogP contribution < -0.4 is 5.43 Å². The van der Waals surface area contributed by atoms with Crippen LogP contribution in [0.2, 0.25) is 0 Å². The van der Waals surface area contributed by atoms with Gasteiger partial charge in [-0.2, -0.15) is 5.10 Å². The van der Waals surface area contributed by atoms with Crippen LogP contribution >= 0.6 is 0 Å². The number of nitro benzene ring substituents is 2. The van der Waals surface area contributed by atoms with Crippen LogP contribution in [0.1, 0.15) is 29.8 Å². The Kier molecular flexibility index (Phi) is 5.69. The van der Waals surface area contributed by atoms with Crippen molar-refractivity contribution < 1.29 is 14.6 Å². The predicted molar refractivity (Wildman–Crippen MR) is 104 cm³/mol. The molecule has 0 bridgehead atoms. The summed E-state index contributed by atoms with van der Waals surface area (Å²) in [5.74, 6) is 0. The van der Waals surface area contributed by atoms with E-state index >= 15 is 0 Å². The van der Waals surface area contributed by atoms with Gasteiger partial charge in [-0.3, -0.25) is 25.7 Å². The van der Waals surface area contributed by atoms with Crippen LogP contribution in [0.4, 0.5) is 17.1 Å². The smallest absolute Gasteiger partial charge is 0.301 e. The van der Waals surface area contributed by atoms with Crippen molar-refractivity contribution in [3.05, 3.63) is 61.4 Å². The van der Waals surface area contributed by atoms with Crippen LogP contribution in [0.25, 0.3) is 0 Å². The van der Waals surface area contributed by atoms with E-state index < -0.39 is 15.5 Å². The summed E-state index contributed by atoms with van der Waals surface area (Å²) in [6.07, 6.45) is 3.93. The summed E-state index contributed by atoms with van der Waals surface area (Å²) in [6, 6.07) is 5.36. The van der Waals surface area contributed by atoms with Crippen molar-refractivity contribution >= 4 is 23.3 Å². The molecule has 3 rings (SSSR count). The van der Waals surface area contributed by atoms with Gasteiger partial charge in [0, 0.05) is 36.2 Å². The second-order valence-corrected chi connectivity index (χ2v) is 6.66. The number of nitrogens with one attached hydrogen (secondary N) is 1. The Bertz CT molecular complexity index is 931. The maximum atomic E-state index is 11.2. The number of ether oxygens (including phenoxy) is 1. The second-order valence-electron chi connectivity index (χ2n) is 6.66. The first-order valence-electron chi connectivity index (χ1n) is 8.87. The number of rotatable bonds is 7. The number of nitrogens with zero attached hydrogens (tertiary/aromatic N) is 4. The van der Waals surface area contributed by atoms with Gasteiger partial charge >= 0.3 is 5.69 Å². The lowest BCUT2D eigenvalue weighted by atomic mass is 10.2. The Labute approximate surface area is 161 Å². The van der Waals surface area contributed by atoms with Crippen molar-refractivity contribution in [3.63, 3.8) is 0 Å². The lowest BCUT2D eigenvalue weighted by molar-refractivity contribution is -0.393. The molecular weight excluding hydrogens is 366 g/mol. The van der Waals surface area contributed by atoms with Gasteiger partial charge in [-0.25, -0.2) is 0 Å². The first kappa shape index (κ1) is 19.5. The average molecular weight is 387 g/mol. The largest absolute Gasteiger partial charge is 0.376 e. The molecule has 1 N–H and O–H groups in total. The van der Waals surface area contributed by atoms with Gasteiger partial charge in [0.2, 0.25) is 0 Å². The Morgan fingerprint density at radius 3 is 2.71 bits per heavy atom. The lowest BCUT2D eigenvalue weighted by Gasteiger charge is -2.14. The number of benzene rings is 1. The van der Waals surface area contributed by atoms with Crippen molar-refractivity contribution in [3.8, 4) is 0 Å². The minimum Gasteiger partial charge on any atom is -0.376 e. The number of aryl methyl sites for hydroxylation is 1. The number of aromatic nitrogens is 1. The SMILES string of the molecule is Cc1cc(/C=N\Nc2ccc([N+](=O)[O-])cc2[N+](=O)[O-])c(C)n1C[C@H]1CCCO1. The first-order chi connectivity index (χ1) is 13.4. The molecule has 0 radical (unpaired) electrons. The maximum Gasteiger partial charge on any atom is 0.301 e. The van der Waals surface area contributed by atoms with E-state index in [1.807, 2.05) is 19.9 Å². The van der Waals surface area contributed by atoms with Gasteiger partial charge in [0.25, 0.3) is 5.69 Å². The molecule has 0 spiro atoms. The highest BCUT2D eigenvalue weighted by Crippen LogP contribution is 2.29. The highest BCUT2D eigenvalue weighted by molar-refractivity contribution is 5.82. The summed E-state index contributed by atoms with van der Waals surface area (Å²) in [6.45, 7) is 5.58. The standard InChI is InChI=1S/C18H21N5O5/c1-12-8-14(13(2)21(12)11-16-4-3-7-28-16)10-19-20-17-6-5-15(22(24)25)9-18(17)23(26)27/h5-6,8-10,16,20H,3-4,7,11H2,1-2H3/b19-10-/t16-/m1/s1. The van der Waals surface area contributed by atoms with Crippen LogP contribution in [-0.2, 0) is 11.3 Å². The molecule has 1 atom stereocenters. The van der Waals surface area contributed by atoms with Crippen LogP contribution in [0.3, 0.4) is 0 Å². The number of non-ortho nitro benzene ring substituents is 1. The number of hydrazone groups is 1. The zero-order valence-electron chi connectivity index (χ0n) is 15.6. The lowest BCUT2D eigenvalue weighted by Crippen LogP contribution is -2.16. The highest BCUT2D eigenvalue weighted by atomic mass is 16.6. The topological polar surface area (TPSA) is 125 Å². The summed E-state index contributed by atoms with van der Waals surface area (Å²) in [4.78, 5) is 20.6. The number of nitro groups is 2. The van der Waals surface area contributed by atoms with Gasteiger partial charge in [-0.05, 0) is 38.8 Å². The summed E-state index contributed by atoms with van der Waals surface area (Å²) in [5.41, 5.74) is 4.92. The van der Waals surface area contributed by atoms with Gasteiger partial charge in [-0.1, -0.05) is 0 Å². The van der Waals surface area contributed by atoms with E-state index in [1.54, 1.807) is 6.21 Å². The van der Waals surface area contributed by atoms with E-state index in [9.17, 15) is 20.2 Å². The van der Waals surface area contributed by atoms with Crippen molar-refractivity contribution in [1.29, 1.82) is 0 Å². The molecule has 1 saturated heterocycles. The van der Waals surface area contributed by atoms with Crippen LogP contribution in [-0.4, -0.2) is 33.3 Å². The molecule has 10 nitrogen and oxygen atoms in total. The van der Waals surface area contributed by atoms with Crippen LogP contribution in [0, 0.1) is 34.1 Å². The summed E-state index contributed by atoms with van der Waals surface area (Å²) >= 11 is 0. The van der Waals surface area contributed by atoms with Gasteiger partial charge in [-0.15, -0.1) is 0 Å². The predicted octanol–water partition coefficient (Wildman–Crippen LogP) is 3.55. The Morgan fingerprint density at radius 1 is 1.29 bits per heavy atom. The quantitative estimate of drug-likeness (QED) is 0.440. The molecule has 0 saturated carbocycles. The van der Waals surface area contributed by atoms with Crippen molar-refractivity contribution in [1.82, 2.24) is 4.57 Å². The fourth-order valence-corrected chi connectivity index (χ4v) is 3.28. The summed E-state index contributed by atoms with van der Waals surface area (Å²) < 4.78 is 7.87.